The molecule has 3 fully saturated rings. The average Bonchev–Trinajstić information content (AvgIpc) is 3.00. The lowest BCUT2D eigenvalue weighted by molar-refractivity contribution is -0.142. The Morgan fingerprint density at radius 3 is 2.38 bits per heavy atom. The summed E-state index contributed by atoms with van der Waals surface area (Å²) < 4.78 is 80.7. The first kappa shape index (κ1) is 22.9. The number of halogens is 6. The van der Waals surface area contributed by atoms with Crippen LogP contribution in [0.3, 0.4) is 0 Å². The Hall–Kier alpha value is -2.27. The third kappa shape index (κ3) is 4.32. The molecule has 2 bridgehead atoms. The van der Waals surface area contributed by atoms with Gasteiger partial charge in [-0.2, -0.15) is 31.2 Å². The molecule has 2 unspecified atom stereocenters. The van der Waals surface area contributed by atoms with E-state index in [9.17, 15) is 36.4 Å². The number of nitrogens with zero attached hydrogens (tertiary/aromatic N) is 3. The van der Waals surface area contributed by atoms with Crippen molar-refractivity contribution in [3.63, 3.8) is 0 Å². The van der Waals surface area contributed by atoms with Crippen LogP contribution in [0.4, 0.5) is 26.3 Å². The minimum Gasteiger partial charge on any atom is -0.387 e. The lowest BCUT2D eigenvalue weighted by atomic mass is 9.84. The van der Waals surface area contributed by atoms with Crippen LogP contribution in [0.25, 0.3) is 10.9 Å². The number of pyridine rings is 1. The predicted octanol–water partition coefficient (Wildman–Crippen LogP) is 5.32. The molecule has 0 radical (unpaired) electrons. The summed E-state index contributed by atoms with van der Waals surface area (Å²) in [7, 11) is 0. The SMILES string of the molecule is O=NC1CN(CC(O)c2cc(C(F)(F)F)nc3c(C(F)(F)F)cccc23)C2CCC1CC2. The zero-order chi connectivity index (χ0) is 23.3. The van der Waals surface area contributed by atoms with Crippen LogP contribution in [0.1, 0.15) is 48.6 Å². The Balaban J connectivity index is 1.76. The second kappa shape index (κ2) is 8.26. The van der Waals surface area contributed by atoms with E-state index in [4.69, 9.17) is 0 Å². The number of aliphatic hydroxyl groups is 1. The molecule has 3 heterocycles. The van der Waals surface area contributed by atoms with E-state index < -0.39 is 41.3 Å². The molecular formula is C21H21F6N3O2. The van der Waals surface area contributed by atoms with Crippen LogP contribution >= 0.6 is 0 Å². The number of nitroso groups, excluding NO2 is 1. The number of aromatic nitrogens is 1. The van der Waals surface area contributed by atoms with E-state index in [-0.39, 0.29) is 36.0 Å². The predicted molar refractivity (Wildman–Crippen MR) is 104 cm³/mol. The number of rotatable bonds is 4. The summed E-state index contributed by atoms with van der Waals surface area (Å²) >= 11 is 0. The van der Waals surface area contributed by atoms with E-state index in [1.165, 1.54) is 6.07 Å². The van der Waals surface area contributed by atoms with Gasteiger partial charge in [0.25, 0.3) is 0 Å². The monoisotopic (exact) mass is 461 g/mol. The van der Waals surface area contributed by atoms with Gasteiger partial charge >= 0.3 is 12.4 Å². The largest absolute Gasteiger partial charge is 0.433 e. The maximum Gasteiger partial charge on any atom is 0.433 e. The van der Waals surface area contributed by atoms with Crippen molar-refractivity contribution in [1.82, 2.24) is 9.88 Å². The summed E-state index contributed by atoms with van der Waals surface area (Å²) in [6.07, 6.45) is -8.26. The second-order valence-electron chi connectivity index (χ2n) is 8.51. The molecule has 2 atom stereocenters. The van der Waals surface area contributed by atoms with Crippen LogP contribution in [0, 0.1) is 10.8 Å². The summed E-state index contributed by atoms with van der Waals surface area (Å²) in [6, 6.07) is 3.13. The Morgan fingerprint density at radius 1 is 1.09 bits per heavy atom. The maximum atomic E-state index is 13.4. The van der Waals surface area contributed by atoms with Crippen molar-refractivity contribution in [1.29, 1.82) is 0 Å². The van der Waals surface area contributed by atoms with Crippen molar-refractivity contribution in [2.24, 2.45) is 11.1 Å². The smallest absolute Gasteiger partial charge is 0.387 e. The van der Waals surface area contributed by atoms with Crippen molar-refractivity contribution in [3.05, 3.63) is 46.0 Å². The first-order chi connectivity index (χ1) is 15.0. The molecule has 5 nitrogen and oxygen atoms in total. The van der Waals surface area contributed by atoms with Crippen molar-refractivity contribution in [3.8, 4) is 0 Å². The molecule has 1 aliphatic carbocycles. The standard InChI is InChI=1S/C21H21F6N3O2/c22-20(23,24)15-3-1-2-13-14(8-18(21(25,26)27)28-19(13)15)17(31)10-30-9-16(29-32)11-4-6-12(30)7-5-11/h1-3,8,11-12,16-17,31H,4-7,9-10H2. The Bertz CT molecular complexity index is 1000. The normalized spacial score (nSPS) is 25.7. The van der Waals surface area contributed by atoms with E-state index in [0.29, 0.717) is 12.1 Å². The molecular weight excluding hydrogens is 440 g/mol. The molecule has 1 aromatic heterocycles. The fraction of sp³-hybridized carbons (Fsp3) is 0.571. The van der Waals surface area contributed by atoms with Gasteiger partial charge in [-0.1, -0.05) is 17.3 Å². The van der Waals surface area contributed by atoms with Gasteiger partial charge in [0, 0.05) is 24.5 Å². The summed E-state index contributed by atoms with van der Waals surface area (Å²) in [5.41, 5.74) is -3.93. The fourth-order valence-electron chi connectivity index (χ4n) is 4.98. The Morgan fingerprint density at radius 2 is 1.78 bits per heavy atom. The molecule has 0 spiro atoms. The molecule has 3 aliphatic rings. The number of aliphatic hydroxyl groups excluding tert-OH is 1. The van der Waals surface area contributed by atoms with Crippen molar-refractivity contribution in [2.75, 3.05) is 13.1 Å². The van der Waals surface area contributed by atoms with E-state index >= 15 is 0 Å². The van der Waals surface area contributed by atoms with E-state index in [1.54, 1.807) is 0 Å². The number of hydrogen-bond donors (Lipinski definition) is 1. The lowest BCUT2D eigenvalue weighted by Gasteiger charge is -2.32. The van der Waals surface area contributed by atoms with Crippen molar-refractivity contribution >= 4 is 10.9 Å². The number of hydrogen-bond acceptors (Lipinski definition) is 5. The Kier molecular flexibility index (Phi) is 5.91. The van der Waals surface area contributed by atoms with Gasteiger partial charge in [0.1, 0.15) is 11.7 Å². The van der Waals surface area contributed by atoms with Crippen LogP contribution in [-0.4, -0.2) is 40.2 Å². The summed E-state index contributed by atoms with van der Waals surface area (Å²) in [4.78, 5) is 16.4. The second-order valence-corrected chi connectivity index (χ2v) is 8.51. The molecule has 2 saturated heterocycles. The van der Waals surface area contributed by atoms with Gasteiger partial charge < -0.3 is 5.11 Å². The summed E-state index contributed by atoms with van der Waals surface area (Å²) in [5.74, 6) is 0.138. The highest BCUT2D eigenvalue weighted by Crippen LogP contribution is 2.40. The maximum absolute atomic E-state index is 13.4. The Labute approximate surface area is 179 Å². The zero-order valence-electron chi connectivity index (χ0n) is 16.8. The molecule has 2 aromatic rings. The van der Waals surface area contributed by atoms with Gasteiger partial charge in [-0.05, 0) is 49.3 Å². The minimum atomic E-state index is -4.99. The first-order valence-electron chi connectivity index (χ1n) is 10.3. The van der Waals surface area contributed by atoms with Gasteiger partial charge in [-0.15, -0.1) is 0 Å². The molecule has 2 aliphatic heterocycles. The number of alkyl halides is 6. The topological polar surface area (TPSA) is 65.8 Å². The van der Waals surface area contributed by atoms with Gasteiger partial charge in [-0.25, -0.2) is 4.98 Å². The minimum absolute atomic E-state index is 0.0357. The van der Waals surface area contributed by atoms with E-state index in [2.05, 4.69) is 10.2 Å². The van der Waals surface area contributed by atoms with Crippen LogP contribution in [0.5, 0.6) is 0 Å². The highest BCUT2D eigenvalue weighted by Gasteiger charge is 2.40. The van der Waals surface area contributed by atoms with Gasteiger partial charge in [0.2, 0.25) is 0 Å². The van der Waals surface area contributed by atoms with Gasteiger partial charge in [-0.3, -0.25) is 4.90 Å². The fourth-order valence-corrected chi connectivity index (χ4v) is 4.98. The number of benzene rings is 1. The number of para-hydroxylation sites is 1. The van der Waals surface area contributed by atoms with Crippen LogP contribution < -0.4 is 0 Å². The third-order valence-electron chi connectivity index (χ3n) is 6.59. The van der Waals surface area contributed by atoms with Crippen LogP contribution in [0.15, 0.2) is 29.4 Å². The third-order valence-corrected chi connectivity index (χ3v) is 6.59. The molecule has 1 aromatic carbocycles. The van der Waals surface area contributed by atoms with E-state index in [1.807, 2.05) is 4.90 Å². The molecule has 5 rings (SSSR count). The molecule has 1 saturated carbocycles. The average molecular weight is 461 g/mol. The summed E-state index contributed by atoms with van der Waals surface area (Å²) in [5, 5.41) is 13.9. The number of fused-ring (bicyclic) bond motifs is 5. The van der Waals surface area contributed by atoms with Crippen molar-refractivity contribution in [2.45, 2.75) is 56.2 Å². The van der Waals surface area contributed by atoms with Gasteiger partial charge in [0.05, 0.1) is 17.2 Å². The highest BCUT2D eigenvalue weighted by atomic mass is 19.4. The van der Waals surface area contributed by atoms with Gasteiger partial charge in [0.15, 0.2) is 0 Å². The summed E-state index contributed by atoms with van der Waals surface area (Å²) in [6.45, 7) is 0.148. The zero-order valence-corrected chi connectivity index (χ0v) is 16.8. The quantitative estimate of drug-likeness (QED) is 0.495. The lowest BCUT2D eigenvalue weighted by Crippen LogP contribution is -2.39. The van der Waals surface area contributed by atoms with Crippen LogP contribution in [0.2, 0.25) is 0 Å². The molecule has 174 valence electrons. The molecule has 0 amide bonds. The molecule has 32 heavy (non-hydrogen) atoms. The van der Waals surface area contributed by atoms with Crippen molar-refractivity contribution < 1.29 is 31.4 Å². The first-order valence-corrected chi connectivity index (χ1v) is 10.3. The van der Waals surface area contributed by atoms with Crippen LogP contribution in [-0.2, 0) is 12.4 Å². The highest BCUT2D eigenvalue weighted by molar-refractivity contribution is 5.86. The molecule has 11 heteroatoms. The molecule has 1 N–H and O–H groups in total. The van der Waals surface area contributed by atoms with E-state index in [0.717, 1.165) is 31.7 Å².